The summed E-state index contributed by atoms with van der Waals surface area (Å²) in [6, 6.07) is 15.2. The van der Waals surface area contributed by atoms with Gasteiger partial charge in [-0.05, 0) is 31.5 Å². The Hall–Kier alpha value is -2.18. The number of Topliss-reactive ketones (excluding diaryl/α,β-unsaturated/α-hetero) is 1. The zero-order valence-corrected chi connectivity index (χ0v) is 15.6. The number of rotatable bonds is 8. The number of ketones is 1. The first-order valence-electron chi connectivity index (χ1n) is 8.27. The van der Waals surface area contributed by atoms with E-state index in [4.69, 9.17) is 0 Å². The second kappa shape index (κ2) is 8.27. The van der Waals surface area contributed by atoms with Crippen LogP contribution in [0.5, 0.6) is 0 Å². The SMILES string of the molecule is CCN(CC)c1ccc(C(NS(C)(=O)=O)C(=O)c2ccccc2)cc1. The lowest BCUT2D eigenvalue weighted by Gasteiger charge is -2.22. The molecule has 2 rings (SSSR count). The van der Waals surface area contributed by atoms with Crippen molar-refractivity contribution in [3.8, 4) is 0 Å². The third-order valence-corrected chi connectivity index (χ3v) is 4.67. The number of hydrogen-bond donors (Lipinski definition) is 1. The Labute approximate surface area is 149 Å². The van der Waals surface area contributed by atoms with E-state index in [1.807, 2.05) is 18.2 Å². The lowest BCUT2D eigenvalue weighted by atomic mass is 9.98. The van der Waals surface area contributed by atoms with Gasteiger partial charge in [0.15, 0.2) is 5.78 Å². The van der Waals surface area contributed by atoms with Gasteiger partial charge in [-0.2, -0.15) is 0 Å². The molecule has 2 aromatic carbocycles. The highest BCUT2D eigenvalue weighted by Gasteiger charge is 2.25. The molecular formula is C19H24N2O3S. The fourth-order valence-electron chi connectivity index (χ4n) is 2.72. The Morgan fingerprint density at radius 3 is 2.04 bits per heavy atom. The standard InChI is InChI=1S/C19H24N2O3S/c1-4-21(5-2)17-13-11-15(12-14-17)18(20-25(3,23)24)19(22)16-9-7-6-8-10-16/h6-14,18,20H,4-5H2,1-3H3. The first kappa shape index (κ1) is 19.1. The lowest BCUT2D eigenvalue weighted by Crippen LogP contribution is -2.33. The number of carbonyl (C=O) groups excluding carboxylic acids is 1. The summed E-state index contributed by atoms with van der Waals surface area (Å²) in [5.74, 6) is -0.276. The Morgan fingerprint density at radius 2 is 1.56 bits per heavy atom. The molecule has 1 N–H and O–H groups in total. The number of carbonyl (C=O) groups is 1. The molecule has 0 fully saturated rings. The molecule has 6 heteroatoms. The van der Waals surface area contributed by atoms with Gasteiger partial charge in [-0.25, -0.2) is 13.1 Å². The number of benzene rings is 2. The molecule has 5 nitrogen and oxygen atoms in total. The van der Waals surface area contributed by atoms with Crippen LogP contribution in [0.25, 0.3) is 0 Å². The van der Waals surface area contributed by atoms with Crippen molar-refractivity contribution in [3.63, 3.8) is 0 Å². The van der Waals surface area contributed by atoms with E-state index in [9.17, 15) is 13.2 Å². The predicted molar refractivity (Wildman–Crippen MR) is 101 cm³/mol. The van der Waals surface area contributed by atoms with Gasteiger partial charge in [0.1, 0.15) is 6.04 Å². The van der Waals surface area contributed by atoms with Gasteiger partial charge in [0.05, 0.1) is 6.26 Å². The van der Waals surface area contributed by atoms with E-state index in [1.54, 1.807) is 36.4 Å². The lowest BCUT2D eigenvalue weighted by molar-refractivity contribution is 0.0953. The predicted octanol–water partition coefficient (Wildman–Crippen LogP) is 3.01. The summed E-state index contributed by atoms with van der Waals surface area (Å²) in [4.78, 5) is 15.0. The van der Waals surface area contributed by atoms with Gasteiger partial charge in [-0.3, -0.25) is 4.79 Å². The van der Waals surface area contributed by atoms with Crippen LogP contribution in [0.3, 0.4) is 0 Å². The summed E-state index contributed by atoms with van der Waals surface area (Å²) in [5.41, 5.74) is 2.13. The molecular weight excluding hydrogens is 336 g/mol. The fourth-order valence-corrected chi connectivity index (χ4v) is 3.39. The van der Waals surface area contributed by atoms with Crippen LogP contribution in [0, 0.1) is 0 Å². The minimum atomic E-state index is -3.54. The second-order valence-electron chi connectivity index (χ2n) is 5.82. The fraction of sp³-hybridized carbons (Fsp3) is 0.316. The molecule has 0 aromatic heterocycles. The van der Waals surface area contributed by atoms with Crippen molar-refractivity contribution in [2.45, 2.75) is 19.9 Å². The largest absolute Gasteiger partial charge is 0.372 e. The quantitative estimate of drug-likeness (QED) is 0.735. The van der Waals surface area contributed by atoms with E-state index in [1.165, 1.54) is 0 Å². The van der Waals surface area contributed by atoms with E-state index >= 15 is 0 Å². The molecule has 0 amide bonds. The molecule has 134 valence electrons. The highest BCUT2D eigenvalue weighted by molar-refractivity contribution is 7.88. The molecule has 0 heterocycles. The normalized spacial score (nSPS) is 12.6. The van der Waals surface area contributed by atoms with Gasteiger partial charge in [0, 0.05) is 24.3 Å². The van der Waals surface area contributed by atoms with Crippen LogP contribution in [-0.2, 0) is 10.0 Å². The van der Waals surface area contributed by atoms with Crippen LogP contribution in [0.2, 0.25) is 0 Å². The van der Waals surface area contributed by atoms with Gasteiger partial charge in [-0.1, -0.05) is 42.5 Å². The van der Waals surface area contributed by atoms with Gasteiger partial charge in [0.25, 0.3) is 0 Å². The molecule has 0 saturated carbocycles. The molecule has 25 heavy (non-hydrogen) atoms. The average Bonchev–Trinajstić information content (AvgIpc) is 2.61. The maximum Gasteiger partial charge on any atom is 0.209 e. The molecule has 0 aliphatic rings. The summed E-state index contributed by atoms with van der Waals surface area (Å²) < 4.78 is 26.0. The molecule has 0 saturated heterocycles. The molecule has 0 aliphatic carbocycles. The molecule has 0 bridgehead atoms. The first-order chi connectivity index (χ1) is 11.9. The minimum absolute atomic E-state index is 0.276. The molecule has 1 unspecified atom stereocenters. The van der Waals surface area contributed by atoms with Crippen LogP contribution in [0.4, 0.5) is 5.69 Å². The van der Waals surface area contributed by atoms with Crippen LogP contribution < -0.4 is 9.62 Å². The molecule has 0 radical (unpaired) electrons. The molecule has 2 aromatic rings. The molecule has 0 aliphatic heterocycles. The maximum atomic E-state index is 12.8. The van der Waals surface area contributed by atoms with Crippen LogP contribution in [-0.4, -0.2) is 33.5 Å². The van der Waals surface area contributed by atoms with E-state index < -0.39 is 16.1 Å². The number of nitrogens with one attached hydrogen (secondary N) is 1. The third kappa shape index (κ3) is 5.14. The second-order valence-corrected chi connectivity index (χ2v) is 7.60. The maximum absolute atomic E-state index is 12.8. The van der Waals surface area contributed by atoms with Crippen molar-refractivity contribution in [2.24, 2.45) is 0 Å². The smallest absolute Gasteiger partial charge is 0.209 e. The minimum Gasteiger partial charge on any atom is -0.372 e. The Bertz CT molecular complexity index is 798. The highest BCUT2D eigenvalue weighted by atomic mass is 32.2. The van der Waals surface area contributed by atoms with Crippen LogP contribution in [0.15, 0.2) is 54.6 Å². The number of sulfonamides is 1. The Balaban J connectivity index is 2.37. The first-order valence-corrected chi connectivity index (χ1v) is 10.2. The van der Waals surface area contributed by atoms with Crippen LogP contribution in [0.1, 0.15) is 35.8 Å². The zero-order chi connectivity index (χ0) is 18.4. The van der Waals surface area contributed by atoms with E-state index in [2.05, 4.69) is 23.5 Å². The third-order valence-electron chi connectivity index (χ3n) is 4.01. The summed E-state index contributed by atoms with van der Waals surface area (Å²) in [5, 5.41) is 0. The molecule has 1 atom stereocenters. The highest BCUT2D eigenvalue weighted by Crippen LogP contribution is 2.23. The van der Waals surface area contributed by atoms with Gasteiger partial charge in [-0.15, -0.1) is 0 Å². The van der Waals surface area contributed by atoms with Crippen molar-refractivity contribution in [3.05, 3.63) is 65.7 Å². The zero-order valence-electron chi connectivity index (χ0n) is 14.8. The number of nitrogens with zero attached hydrogens (tertiary/aromatic N) is 1. The summed E-state index contributed by atoms with van der Waals surface area (Å²) in [7, 11) is -3.54. The van der Waals surface area contributed by atoms with Crippen molar-refractivity contribution < 1.29 is 13.2 Å². The van der Waals surface area contributed by atoms with E-state index in [0.29, 0.717) is 11.1 Å². The number of hydrogen-bond acceptors (Lipinski definition) is 4. The van der Waals surface area contributed by atoms with E-state index in [-0.39, 0.29) is 5.78 Å². The monoisotopic (exact) mass is 360 g/mol. The van der Waals surface area contributed by atoms with Crippen molar-refractivity contribution in [1.82, 2.24) is 4.72 Å². The van der Waals surface area contributed by atoms with Crippen molar-refractivity contribution in [2.75, 3.05) is 24.2 Å². The summed E-state index contributed by atoms with van der Waals surface area (Å²) in [6.45, 7) is 5.91. The number of anilines is 1. The van der Waals surface area contributed by atoms with Crippen molar-refractivity contribution in [1.29, 1.82) is 0 Å². The van der Waals surface area contributed by atoms with Crippen molar-refractivity contribution >= 4 is 21.5 Å². The topological polar surface area (TPSA) is 66.5 Å². The Kier molecular flexibility index (Phi) is 6.33. The Morgan fingerprint density at radius 1 is 1.00 bits per heavy atom. The van der Waals surface area contributed by atoms with Gasteiger partial charge >= 0.3 is 0 Å². The molecule has 0 spiro atoms. The van der Waals surface area contributed by atoms with Gasteiger partial charge < -0.3 is 4.90 Å². The van der Waals surface area contributed by atoms with Gasteiger partial charge in [0.2, 0.25) is 10.0 Å². The summed E-state index contributed by atoms with van der Waals surface area (Å²) >= 11 is 0. The average molecular weight is 360 g/mol. The van der Waals surface area contributed by atoms with E-state index in [0.717, 1.165) is 25.0 Å². The summed E-state index contributed by atoms with van der Waals surface area (Å²) in [6.07, 6.45) is 1.06. The van der Waals surface area contributed by atoms with Crippen LogP contribution >= 0.6 is 0 Å².